The number of hydrogen-bond acceptors (Lipinski definition) is 3. The molecule has 5 rings (SSSR count). The number of fused-ring (bicyclic) bond motifs is 1. The van der Waals surface area contributed by atoms with Crippen molar-refractivity contribution in [2.45, 2.75) is 38.7 Å². The molecule has 1 radical (unpaired) electrons. The van der Waals surface area contributed by atoms with Gasteiger partial charge < -0.3 is 4.74 Å². The number of alkyl halides is 2. The van der Waals surface area contributed by atoms with Crippen molar-refractivity contribution >= 4 is 22.5 Å². The molecule has 2 aromatic heterocycles. The fourth-order valence-electron chi connectivity index (χ4n) is 3.94. The van der Waals surface area contributed by atoms with Gasteiger partial charge >= 0.3 is 6.61 Å². The van der Waals surface area contributed by atoms with E-state index in [-0.39, 0.29) is 28.6 Å². The third-order valence-corrected chi connectivity index (χ3v) is 6.08. The minimum absolute atomic E-state index is 0.163. The third-order valence-electron chi connectivity index (χ3n) is 5.78. The Labute approximate surface area is 188 Å². The van der Waals surface area contributed by atoms with Crippen LogP contribution in [0.1, 0.15) is 41.1 Å². The van der Waals surface area contributed by atoms with E-state index < -0.39 is 6.61 Å². The summed E-state index contributed by atoms with van der Waals surface area (Å²) in [6.45, 7) is -1.34. The van der Waals surface area contributed by atoms with Crippen LogP contribution in [0.3, 0.4) is 0 Å². The van der Waals surface area contributed by atoms with E-state index >= 15 is 0 Å². The molecule has 1 saturated carbocycles. The number of pyridine rings is 1. The van der Waals surface area contributed by atoms with Crippen molar-refractivity contribution in [3.05, 3.63) is 76.1 Å². The number of rotatable bonds is 6. The first-order valence-corrected chi connectivity index (χ1v) is 10.7. The summed E-state index contributed by atoms with van der Waals surface area (Å²) in [6.07, 6.45) is 4.59. The topological polar surface area (TPSA) is 59.8 Å². The first-order chi connectivity index (χ1) is 15.4. The SMILES string of the molecule is Cc1c(Cc2ccc(-n3ccc(C4CC4)n3)cc2)c(OC(F)F)nc2c(Cl)ccc([O])c12. The quantitative estimate of drug-likeness (QED) is 0.330. The Morgan fingerprint density at radius 1 is 1.16 bits per heavy atom. The van der Waals surface area contributed by atoms with Crippen molar-refractivity contribution in [2.75, 3.05) is 0 Å². The predicted octanol–water partition coefficient (Wildman–Crippen LogP) is 6.60. The van der Waals surface area contributed by atoms with Gasteiger partial charge in [-0.25, -0.2) is 9.67 Å². The summed E-state index contributed by atoms with van der Waals surface area (Å²) in [5.74, 6) is 0.0917. The van der Waals surface area contributed by atoms with Gasteiger partial charge in [0, 0.05) is 24.1 Å². The summed E-state index contributed by atoms with van der Waals surface area (Å²) in [6, 6.07) is 12.5. The van der Waals surface area contributed by atoms with Gasteiger partial charge in [-0.1, -0.05) is 23.7 Å². The van der Waals surface area contributed by atoms with Crippen molar-refractivity contribution in [3.8, 4) is 17.3 Å². The molecular weight excluding hydrogens is 436 g/mol. The Hall–Kier alpha value is -3.19. The first kappa shape index (κ1) is 20.7. The zero-order valence-corrected chi connectivity index (χ0v) is 17.9. The molecule has 2 aromatic carbocycles. The Morgan fingerprint density at radius 2 is 1.91 bits per heavy atom. The van der Waals surface area contributed by atoms with Crippen LogP contribution in [0.25, 0.3) is 16.6 Å². The lowest BCUT2D eigenvalue weighted by Crippen LogP contribution is -2.09. The van der Waals surface area contributed by atoms with E-state index in [1.54, 1.807) is 6.92 Å². The molecule has 0 atom stereocenters. The highest BCUT2D eigenvalue weighted by Crippen LogP contribution is 2.39. The number of halogens is 3. The summed E-state index contributed by atoms with van der Waals surface area (Å²) in [5, 5.41) is 17.6. The molecule has 0 bridgehead atoms. The Balaban J connectivity index is 1.50. The van der Waals surface area contributed by atoms with Gasteiger partial charge in [0.25, 0.3) is 0 Å². The van der Waals surface area contributed by atoms with Crippen LogP contribution in [0.5, 0.6) is 11.6 Å². The molecule has 0 unspecified atom stereocenters. The molecule has 1 aliphatic rings. The molecule has 4 aromatic rings. The zero-order valence-electron chi connectivity index (χ0n) is 17.2. The summed E-state index contributed by atoms with van der Waals surface area (Å²) in [5.41, 5.74) is 4.00. The van der Waals surface area contributed by atoms with Crippen LogP contribution in [0.2, 0.25) is 5.02 Å². The molecule has 0 aliphatic heterocycles. The Morgan fingerprint density at radius 3 is 2.59 bits per heavy atom. The average Bonchev–Trinajstić information content (AvgIpc) is 3.50. The van der Waals surface area contributed by atoms with Crippen molar-refractivity contribution in [3.63, 3.8) is 0 Å². The smallest absolute Gasteiger partial charge is 0.388 e. The second-order valence-electron chi connectivity index (χ2n) is 7.97. The molecule has 163 valence electrons. The number of ether oxygens (including phenoxy) is 1. The highest BCUT2D eigenvalue weighted by Gasteiger charge is 2.26. The number of hydrogen-bond donors (Lipinski definition) is 0. The summed E-state index contributed by atoms with van der Waals surface area (Å²) in [4.78, 5) is 4.17. The van der Waals surface area contributed by atoms with Crippen LogP contribution < -0.4 is 4.74 Å². The van der Waals surface area contributed by atoms with E-state index in [2.05, 4.69) is 10.1 Å². The number of aryl methyl sites for hydroxylation is 1. The summed E-state index contributed by atoms with van der Waals surface area (Å²) < 4.78 is 32.7. The van der Waals surface area contributed by atoms with Crippen molar-refractivity contribution in [2.24, 2.45) is 0 Å². The lowest BCUT2D eigenvalue weighted by molar-refractivity contribution is -0.0532. The molecule has 0 N–H and O–H groups in total. The molecular formula is C24H19ClF2N3O2. The van der Waals surface area contributed by atoms with Gasteiger partial charge in [-0.05, 0) is 61.2 Å². The Bertz CT molecular complexity index is 1300. The van der Waals surface area contributed by atoms with E-state index in [0.29, 0.717) is 22.4 Å². The zero-order chi connectivity index (χ0) is 22.4. The van der Waals surface area contributed by atoms with E-state index in [1.807, 2.05) is 41.2 Å². The van der Waals surface area contributed by atoms with Crippen molar-refractivity contribution in [1.82, 2.24) is 14.8 Å². The maximum absolute atomic E-state index is 13.1. The van der Waals surface area contributed by atoms with E-state index in [1.165, 1.54) is 25.0 Å². The van der Waals surface area contributed by atoms with Gasteiger partial charge in [-0.2, -0.15) is 13.9 Å². The molecule has 0 saturated heterocycles. The van der Waals surface area contributed by atoms with Gasteiger partial charge in [0.2, 0.25) is 5.88 Å². The molecule has 8 heteroatoms. The maximum atomic E-state index is 13.1. The second kappa shape index (κ2) is 8.06. The van der Waals surface area contributed by atoms with Crippen molar-refractivity contribution < 1.29 is 18.6 Å². The summed E-state index contributed by atoms with van der Waals surface area (Å²) >= 11 is 6.17. The summed E-state index contributed by atoms with van der Waals surface area (Å²) in [7, 11) is 0. The Kier molecular flexibility index (Phi) is 5.21. The monoisotopic (exact) mass is 454 g/mol. The number of aromatic nitrogens is 3. The standard InChI is InChI=1S/C24H19ClF2N3O2/c1-13-17(23(32-24(26)27)28-22-18(25)8-9-20(31)21(13)22)12-14-2-6-16(7-3-14)30-11-10-19(29-30)15-4-5-15/h2-3,6-11,15,24H,4-5,12H2,1H3. The van der Waals surface area contributed by atoms with Crippen LogP contribution in [-0.2, 0) is 11.5 Å². The molecule has 2 heterocycles. The van der Waals surface area contributed by atoms with Gasteiger partial charge in [0.1, 0.15) is 0 Å². The van der Waals surface area contributed by atoms with Crippen LogP contribution >= 0.6 is 11.6 Å². The fourth-order valence-corrected chi connectivity index (χ4v) is 4.14. The van der Waals surface area contributed by atoms with E-state index in [0.717, 1.165) is 16.9 Å². The highest BCUT2D eigenvalue weighted by atomic mass is 35.5. The minimum Gasteiger partial charge on any atom is -0.417 e. The van der Waals surface area contributed by atoms with Crippen LogP contribution in [0.15, 0.2) is 48.7 Å². The lowest BCUT2D eigenvalue weighted by Gasteiger charge is -2.16. The molecule has 5 nitrogen and oxygen atoms in total. The van der Waals surface area contributed by atoms with Gasteiger partial charge in [0.05, 0.1) is 27.3 Å². The molecule has 0 spiro atoms. The second-order valence-corrected chi connectivity index (χ2v) is 8.38. The molecule has 1 fully saturated rings. The van der Waals surface area contributed by atoms with Crippen LogP contribution in [0, 0.1) is 6.92 Å². The first-order valence-electron chi connectivity index (χ1n) is 10.3. The minimum atomic E-state index is -3.05. The van der Waals surface area contributed by atoms with Crippen LogP contribution in [0.4, 0.5) is 8.78 Å². The molecule has 0 amide bonds. The highest BCUT2D eigenvalue weighted by molar-refractivity contribution is 6.35. The molecule has 1 aliphatic carbocycles. The van der Waals surface area contributed by atoms with Gasteiger partial charge in [-0.15, -0.1) is 0 Å². The number of nitrogens with zero attached hydrogens (tertiary/aromatic N) is 3. The van der Waals surface area contributed by atoms with Gasteiger partial charge in [0.15, 0.2) is 5.75 Å². The lowest BCUT2D eigenvalue weighted by atomic mass is 9.97. The average molecular weight is 455 g/mol. The van der Waals surface area contributed by atoms with Crippen molar-refractivity contribution in [1.29, 1.82) is 0 Å². The van der Waals surface area contributed by atoms with E-state index in [9.17, 15) is 13.9 Å². The molecule has 32 heavy (non-hydrogen) atoms. The number of benzene rings is 2. The van der Waals surface area contributed by atoms with E-state index in [4.69, 9.17) is 16.3 Å². The van der Waals surface area contributed by atoms with Gasteiger partial charge in [-0.3, -0.25) is 5.11 Å². The normalized spacial score (nSPS) is 13.8. The third kappa shape index (κ3) is 3.88. The largest absolute Gasteiger partial charge is 0.417 e. The maximum Gasteiger partial charge on any atom is 0.388 e. The predicted molar refractivity (Wildman–Crippen MR) is 117 cm³/mol. The fraction of sp³-hybridized carbons (Fsp3) is 0.250. The van der Waals surface area contributed by atoms with Crippen LogP contribution in [-0.4, -0.2) is 21.4 Å².